The van der Waals surface area contributed by atoms with Crippen molar-refractivity contribution < 1.29 is 19.1 Å². The second-order valence-corrected chi connectivity index (χ2v) is 6.20. The van der Waals surface area contributed by atoms with Crippen molar-refractivity contribution in [3.05, 3.63) is 0 Å². The van der Waals surface area contributed by atoms with Gasteiger partial charge >= 0.3 is 12.1 Å². The number of halogens is 1. The molecule has 0 aromatic carbocycles. The largest absolute Gasteiger partial charge is 0.445 e. The van der Waals surface area contributed by atoms with Gasteiger partial charge in [0.25, 0.3) is 0 Å². The number of ether oxygens (including phenoxy) is 2. The minimum Gasteiger partial charge on any atom is -0.445 e. The molecule has 1 amide bonds. The van der Waals surface area contributed by atoms with Gasteiger partial charge in [-0.05, 0) is 40.2 Å². The molecule has 1 unspecified atom stereocenters. The Balaban J connectivity index is 2.15. The van der Waals surface area contributed by atoms with Crippen LogP contribution >= 0.6 is 11.6 Å². The van der Waals surface area contributed by atoms with Crippen LogP contribution in [-0.4, -0.2) is 42.4 Å². The number of carbonyl (C=O) groups excluding carboxylic acids is 2. The Bertz CT molecular complexity index is 338. The summed E-state index contributed by atoms with van der Waals surface area (Å²) < 4.78 is 10.2. The molecule has 1 aliphatic rings. The van der Waals surface area contributed by atoms with Crippen molar-refractivity contribution in [2.45, 2.75) is 57.2 Å². The molecule has 2 atom stereocenters. The smallest absolute Gasteiger partial charge is 0.407 e. The van der Waals surface area contributed by atoms with Crippen molar-refractivity contribution in [3.8, 4) is 0 Å². The van der Waals surface area contributed by atoms with Crippen LogP contribution in [0.5, 0.6) is 0 Å². The average Bonchev–Trinajstić information content (AvgIpc) is 2.79. The van der Waals surface area contributed by atoms with Crippen molar-refractivity contribution in [2.24, 2.45) is 0 Å². The zero-order chi connectivity index (χ0) is 15.2. The van der Waals surface area contributed by atoms with Crippen LogP contribution in [0.1, 0.15) is 40.0 Å². The fraction of sp³-hybridized carbons (Fsp3) is 0.846. The second kappa shape index (κ2) is 7.69. The Labute approximate surface area is 124 Å². The molecule has 1 rings (SSSR count). The molecule has 0 spiro atoms. The molecule has 1 saturated heterocycles. The molecule has 0 aromatic rings. The van der Waals surface area contributed by atoms with Crippen molar-refractivity contribution in [2.75, 3.05) is 13.1 Å². The Morgan fingerprint density at radius 1 is 1.45 bits per heavy atom. The quantitative estimate of drug-likeness (QED) is 0.598. The molecule has 0 aromatic heterocycles. The van der Waals surface area contributed by atoms with Gasteiger partial charge in [-0.1, -0.05) is 11.6 Å². The monoisotopic (exact) mass is 306 g/mol. The molecule has 1 heterocycles. The van der Waals surface area contributed by atoms with Gasteiger partial charge in [0.2, 0.25) is 0 Å². The molecule has 1 fully saturated rings. The lowest BCUT2D eigenvalue weighted by Gasteiger charge is -2.20. The van der Waals surface area contributed by atoms with Crippen LogP contribution < -0.4 is 10.6 Å². The van der Waals surface area contributed by atoms with Crippen LogP contribution in [0.3, 0.4) is 0 Å². The van der Waals surface area contributed by atoms with E-state index in [1.54, 1.807) is 20.8 Å². The van der Waals surface area contributed by atoms with Crippen molar-refractivity contribution >= 4 is 23.7 Å². The van der Waals surface area contributed by atoms with Gasteiger partial charge < -0.3 is 20.1 Å². The highest BCUT2D eigenvalue weighted by Gasteiger charge is 2.25. The van der Waals surface area contributed by atoms with E-state index in [0.29, 0.717) is 6.42 Å². The Kier molecular flexibility index (Phi) is 6.55. The van der Waals surface area contributed by atoms with Gasteiger partial charge in [0.1, 0.15) is 11.6 Å². The molecule has 0 bridgehead atoms. The number of hydrogen-bond acceptors (Lipinski definition) is 5. The third-order valence-electron chi connectivity index (χ3n) is 2.63. The maximum absolute atomic E-state index is 11.7. The highest BCUT2D eigenvalue weighted by molar-refractivity contribution is 6.20. The van der Waals surface area contributed by atoms with Crippen LogP contribution in [0.15, 0.2) is 0 Å². The van der Waals surface area contributed by atoms with E-state index in [-0.39, 0.29) is 18.6 Å². The summed E-state index contributed by atoms with van der Waals surface area (Å²) in [4.78, 5) is 23.0. The van der Waals surface area contributed by atoms with E-state index in [0.717, 1.165) is 19.4 Å². The first kappa shape index (κ1) is 17.0. The Morgan fingerprint density at radius 2 is 2.15 bits per heavy atom. The van der Waals surface area contributed by atoms with E-state index in [1.807, 2.05) is 0 Å². The summed E-state index contributed by atoms with van der Waals surface area (Å²) in [6.07, 6.45) is 1.57. The van der Waals surface area contributed by atoms with Gasteiger partial charge in [-0.2, -0.15) is 0 Å². The van der Waals surface area contributed by atoms with Crippen molar-refractivity contribution in [3.63, 3.8) is 0 Å². The van der Waals surface area contributed by atoms with E-state index >= 15 is 0 Å². The lowest BCUT2D eigenvalue weighted by molar-refractivity contribution is -0.147. The number of hydrogen-bond donors (Lipinski definition) is 2. The topological polar surface area (TPSA) is 76.7 Å². The fourth-order valence-electron chi connectivity index (χ4n) is 1.75. The standard InChI is InChI=1S/C13H23ClN2O4/c1-13(2,3)20-12(18)16-8-6-10(14)19-11(17)9-5-4-7-15-9/h9-10,15H,4-8H2,1-3H3,(H,16,18)/t9-,10?/m0/s1. The zero-order valence-electron chi connectivity index (χ0n) is 12.2. The summed E-state index contributed by atoms with van der Waals surface area (Å²) in [5.74, 6) is -0.334. The number of alkyl carbamates (subject to hydrolysis) is 1. The van der Waals surface area contributed by atoms with Gasteiger partial charge in [-0.3, -0.25) is 4.79 Å². The number of esters is 1. The van der Waals surface area contributed by atoms with Crippen molar-refractivity contribution in [1.29, 1.82) is 0 Å². The predicted molar refractivity (Wildman–Crippen MR) is 75.6 cm³/mol. The van der Waals surface area contributed by atoms with Gasteiger partial charge in [0.05, 0.1) is 0 Å². The summed E-state index contributed by atoms with van der Waals surface area (Å²) >= 11 is 5.91. The fourth-order valence-corrected chi connectivity index (χ4v) is 1.95. The maximum Gasteiger partial charge on any atom is 0.407 e. The lowest BCUT2D eigenvalue weighted by atomic mass is 10.2. The van der Waals surface area contributed by atoms with Crippen LogP contribution in [0.4, 0.5) is 4.79 Å². The summed E-state index contributed by atoms with van der Waals surface area (Å²) in [7, 11) is 0. The Morgan fingerprint density at radius 3 is 2.70 bits per heavy atom. The third kappa shape index (κ3) is 6.96. The van der Waals surface area contributed by atoms with Crippen molar-refractivity contribution in [1.82, 2.24) is 10.6 Å². The van der Waals surface area contributed by atoms with E-state index in [4.69, 9.17) is 21.1 Å². The highest BCUT2D eigenvalue weighted by atomic mass is 35.5. The van der Waals surface area contributed by atoms with E-state index in [9.17, 15) is 9.59 Å². The first-order valence-electron chi connectivity index (χ1n) is 6.83. The first-order chi connectivity index (χ1) is 9.28. The molecule has 6 nitrogen and oxygen atoms in total. The summed E-state index contributed by atoms with van der Waals surface area (Å²) in [5.41, 5.74) is -1.29. The Hall–Kier alpha value is -1.01. The third-order valence-corrected chi connectivity index (χ3v) is 2.94. The van der Waals surface area contributed by atoms with Gasteiger partial charge in [-0.25, -0.2) is 4.79 Å². The first-order valence-corrected chi connectivity index (χ1v) is 7.26. The molecular formula is C13H23ClN2O4. The second-order valence-electron chi connectivity index (χ2n) is 5.71. The van der Waals surface area contributed by atoms with Gasteiger partial charge in [0.15, 0.2) is 5.56 Å². The average molecular weight is 307 g/mol. The molecule has 0 saturated carbocycles. The molecule has 116 valence electrons. The SMILES string of the molecule is CC(C)(C)OC(=O)NCCC(Cl)OC(=O)[C@@H]1CCCN1. The van der Waals surface area contributed by atoms with E-state index in [1.165, 1.54) is 0 Å². The normalized spacial score (nSPS) is 20.3. The zero-order valence-corrected chi connectivity index (χ0v) is 13.0. The number of rotatable bonds is 5. The van der Waals surface area contributed by atoms with Crippen LogP contribution in [0.2, 0.25) is 0 Å². The minimum atomic E-state index is -0.750. The number of carbonyl (C=O) groups is 2. The molecule has 1 aliphatic heterocycles. The highest BCUT2D eigenvalue weighted by Crippen LogP contribution is 2.11. The van der Waals surface area contributed by atoms with Gasteiger partial charge in [-0.15, -0.1) is 0 Å². The number of alkyl halides is 1. The van der Waals surface area contributed by atoms with Crippen LogP contribution in [0, 0.1) is 0 Å². The van der Waals surface area contributed by atoms with Gasteiger partial charge in [0, 0.05) is 13.0 Å². The van der Waals surface area contributed by atoms with E-state index in [2.05, 4.69) is 10.6 Å². The molecule has 2 N–H and O–H groups in total. The predicted octanol–water partition coefficient (Wildman–Crippen LogP) is 1.76. The van der Waals surface area contributed by atoms with E-state index < -0.39 is 17.3 Å². The lowest BCUT2D eigenvalue weighted by Crippen LogP contribution is -2.36. The maximum atomic E-state index is 11.7. The summed E-state index contributed by atoms with van der Waals surface area (Å²) in [5, 5.41) is 5.60. The molecular weight excluding hydrogens is 284 g/mol. The molecule has 0 aliphatic carbocycles. The number of amides is 1. The van der Waals surface area contributed by atoms with Crippen LogP contribution in [0.25, 0.3) is 0 Å². The summed E-state index contributed by atoms with van der Waals surface area (Å²) in [6, 6.07) is -0.255. The molecule has 7 heteroatoms. The molecule has 0 radical (unpaired) electrons. The molecule has 20 heavy (non-hydrogen) atoms. The number of nitrogens with one attached hydrogen (secondary N) is 2. The van der Waals surface area contributed by atoms with Crippen LogP contribution in [-0.2, 0) is 14.3 Å². The minimum absolute atomic E-state index is 0.255. The summed E-state index contributed by atoms with van der Waals surface area (Å²) in [6.45, 7) is 6.47.